The van der Waals surface area contributed by atoms with Gasteiger partial charge in [-0.15, -0.1) is 0 Å². The van der Waals surface area contributed by atoms with Crippen molar-refractivity contribution in [1.82, 2.24) is 24.5 Å². The van der Waals surface area contributed by atoms with E-state index >= 15 is 0 Å². The lowest BCUT2D eigenvalue weighted by Gasteiger charge is -2.05. The highest BCUT2D eigenvalue weighted by Crippen LogP contribution is 2.22. The lowest BCUT2D eigenvalue weighted by Crippen LogP contribution is -2.25. The maximum absolute atomic E-state index is 12.5. The Morgan fingerprint density at radius 2 is 1.97 bits per heavy atom. The average Bonchev–Trinajstić information content (AvgIpc) is 3.31. The van der Waals surface area contributed by atoms with Crippen molar-refractivity contribution in [3.8, 4) is 11.3 Å². The van der Waals surface area contributed by atoms with Gasteiger partial charge in [0, 0.05) is 31.8 Å². The zero-order chi connectivity index (χ0) is 20.4. The SMILES string of the molecule is Cc1ccc(-c2cc(C(=O)NCCCc3ncc4ccccn34)nn2C)cc1C. The Hall–Kier alpha value is -3.41. The second-order valence-corrected chi connectivity index (χ2v) is 7.37. The van der Waals surface area contributed by atoms with Crippen LogP contribution in [-0.4, -0.2) is 31.6 Å². The molecule has 0 bridgehead atoms. The number of benzene rings is 1. The summed E-state index contributed by atoms with van der Waals surface area (Å²) in [6, 6.07) is 14.2. The highest BCUT2D eigenvalue weighted by molar-refractivity contribution is 5.93. The van der Waals surface area contributed by atoms with Crippen LogP contribution < -0.4 is 5.32 Å². The Kier molecular flexibility index (Phi) is 5.16. The lowest BCUT2D eigenvalue weighted by atomic mass is 10.0. The van der Waals surface area contributed by atoms with Crippen LogP contribution in [0.5, 0.6) is 0 Å². The van der Waals surface area contributed by atoms with E-state index in [1.165, 1.54) is 11.1 Å². The van der Waals surface area contributed by atoms with Gasteiger partial charge in [0.25, 0.3) is 5.91 Å². The van der Waals surface area contributed by atoms with Gasteiger partial charge < -0.3 is 9.72 Å². The molecule has 1 N–H and O–H groups in total. The maximum atomic E-state index is 12.5. The van der Waals surface area contributed by atoms with Crippen LogP contribution in [0.3, 0.4) is 0 Å². The molecule has 1 amide bonds. The van der Waals surface area contributed by atoms with Gasteiger partial charge in [-0.1, -0.05) is 18.2 Å². The average molecular weight is 387 g/mol. The molecule has 0 radical (unpaired) electrons. The fraction of sp³-hybridized carbons (Fsp3) is 0.261. The fourth-order valence-corrected chi connectivity index (χ4v) is 3.47. The van der Waals surface area contributed by atoms with E-state index in [2.05, 4.69) is 51.8 Å². The third-order valence-corrected chi connectivity index (χ3v) is 5.29. The van der Waals surface area contributed by atoms with Crippen LogP contribution in [-0.2, 0) is 13.5 Å². The molecule has 148 valence electrons. The van der Waals surface area contributed by atoms with Gasteiger partial charge in [-0.2, -0.15) is 5.10 Å². The Labute approximate surface area is 170 Å². The maximum Gasteiger partial charge on any atom is 0.271 e. The number of nitrogens with zero attached hydrogens (tertiary/aromatic N) is 4. The number of fused-ring (bicyclic) bond motifs is 1. The van der Waals surface area contributed by atoms with Crippen LogP contribution in [0.2, 0.25) is 0 Å². The van der Waals surface area contributed by atoms with Crippen molar-refractivity contribution in [2.45, 2.75) is 26.7 Å². The van der Waals surface area contributed by atoms with Gasteiger partial charge in [-0.05, 0) is 55.7 Å². The molecule has 0 saturated carbocycles. The summed E-state index contributed by atoms with van der Waals surface area (Å²) in [4.78, 5) is 17.0. The second-order valence-electron chi connectivity index (χ2n) is 7.37. The van der Waals surface area contributed by atoms with Gasteiger partial charge >= 0.3 is 0 Å². The number of aryl methyl sites for hydroxylation is 4. The van der Waals surface area contributed by atoms with Crippen molar-refractivity contribution < 1.29 is 4.79 Å². The summed E-state index contributed by atoms with van der Waals surface area (Å²) in [7, 11) is 1.87. The molecule has 0 aliphatic rings. The first-order valence-corrected chi connectivity index (χ1v) is 9.84. The van der Waals surface area contributed by atoms with Crippen molar-refractivity contribution in [3.63, 3.8) is 0 Å². The van der Waals surface area contributed by atoms with E-state index in [9.17, 15) is 4.79 Å². The molecule has 6 nitrogen and oxygen atoms in total. The number of pyridine rings is 1. The molecule has 0 unspecified atom stereocenters. The summed E-state index contributed by atoms with van der Waals surface area (Å²) >= 11 is 0. The molecule has 1 aromatic carbocycles. The van der Waals surface area contributed by atoms with Crippen LogP contribution in [0.1, 0.15) is 33.9 Å². The molecular weight excluding hydrogens is 362 g/mol. The van der Waals surface area contributed by atoms with Crippen LogP contribution in [0.4, 0.5) is 0 Å². The van der Waals surface area contributed by atoms with Crippen molar-refractivity contribution in [1.29, 1.82) is 0 Å². The largest absolute Gasteiger partial charge is 0.351 e. The number of hydrogen-bond acceptors (Lipinski definition) is 3. The Bertz CT molecular complexity index is 1170. The van der Waals surface area contributed by atoms with Gasteiger partial charge in [-0.25, -0.2) is 4.98 Å². The predicted octanol–water partition coefficient (Wildman–Crippen LogP) is 3.71. The molecular formula is C23H25N5O. The van der Waals surface area contributed by atoms with E-state index in [0.717, 1.165) is 35.4 Å². The Morgan fingerprint density at radius 1 is 1.10 bits per heavy atom. The van der Waals surface area contributed by atoms with E-state index in [-0.39, 0.29) is 5.91 Å². The molecule has 0 saturated heterocycles. The van der Waals surface area contributed by atoms with E-state index in [0.29, 0.717) is 12.2 Å². The van der Waals surface area contributed by atoms with E-state index < -0.39 is 0 Å². The first kappa shape index (κ1) is 18.9. The number of aromatic nitrogens is 4. The van der Waals surface area contributed by atoms with Gasteiger partial charge in [0.15, 0.2) is 5.69 Å². The monoisotopic (exact) mass is 387 g/mol. The zero-order valence-electron chi connectivity index (χ0n) is 17.0. The molecule has 3 aromatic heterocycles. The van der Waals surface area contributed by atoms with Crippen molar-refractivity contribution in [2.24, 2.45) is 7.05 Å². The molecule has 4 rings (SSSR count). The molecule has 0 fully saturated rings. The van der Waals surface area contributed by atoms with Crippen LogP contribution in [0.15, 0.2) is 54.9 Å². The van der Waals surface area contributed by atoms with Crippen molar-refractivity contribution >= 4 is 11.4 Å². The smallest absolute Gasteiger partial charge is 0.271 e. The van der Waals surface area contributed by atoms with Crippen molar-refractivity contribution in [3.05, 3.63) is 77.5 Å². The number of imidazole rings is 1. The highest BCUT2D eigenvalue weighted by Gasteiger charge is 2.14. The van der Waals surface area contributed by atoms with Gasteiger partial charge in [-0.3, -0.25) is 9.48 Å². The van der Waals surface area contributed by atoms with Crippen LogP contribution in [0.25, 0.3) is 16.8 Å². The summed E-state index contributed by atoms with van der Waals surface area (Å²) < 4.78 is 3.84. The molecule has 4 aromatic rings. The molecule has 0 aliphatic heterocycles. The second kappa shape index (κ2) is 7.91. The van der Waals surface area contributed by atoms with Crippen LogP contribution in [0, 0.1) is 13.8 Å². The number of rotatable bonds is 6. The first-order valence-electron chi connectivity index (χ1n) is 9.84. The molecule has 0 spiro atoms. The third kappa shape index (κ3) is 3.92. The zero-order valence-corrected chi connectivity index (χ0v) is 17.0. The van der Waals surface area contributed by atoms with Crippen LogP contribution >= 0.6 is 0 Å². The fourth-order valence-electron chi connectivity index (χ4n) is 3.47. The minimum absolute atomic E-state index is 0.149. The summed E-state index contributed by atoms with van der Waals surface area (Å²) in [5.41, 5.74) is 5.99. The number of carbonyl (C=O) groups is 1. The summed E-state index contributed by atoms with van der Waals surface area (Å²) in [5.74, 6) is 0.855. The molecule has 0 aliphatic carbocycles. The standard InChI is InChI=1S/C23H25N5O/c1-16-9-10-18(13-17(16)2)21-14-20(26-27(21)3)23(29)24-11-6-8-22-25-15-19-7-4-5-12-28(19)22/h4-5,7,9-10,12-15H,6,8,11H2,1-3H3,(H,24,29). The molecule has 29 heavy (non-hydrogen) atoms. The Morgan fingerprint density at radius 3 is 2.79 bits per heavy atom. The minimum Gasteiger partial charge on any atom is -0.351 e. The topological polar surface area (TPSA) is 64.2 Å². The van der Waals surface area contributed by atoms with Gasteiger partial charge in [0.05, 0.1) is 17.4 Å². The highest BCUT2D eigenvalue weighted by atomic mass is 16.1. The van der Waals surface area contributed by atoms with Crippen molar-refractivity contribution in [2.75, 3.05) is 6.54 Å². The minimum atomic E-state index is -0.149. The first-order chi connectivity index (χ1) is 14.0. The summed E-state index contributed by atoms with van der Waals surface area (Å²) in [5, 5.41) is 7.37. The predicted molar refractivity (Wildman–Crippen MR) is 114 cm³/mol. The number of nitrogens with one attached hydrogen (secondary N) is 1. The van der Waals surface area contributed by atoms with Gasteiger partial charge in [0.1, 0.15) is 5.82 Å². The summed E-state index contributed by atoms with van der Waals surface area (Å²) in [6.07, 6.45) is 5.50. The quantitative estimate of drug-likeness (QED) is 0.513. The molecule has 3 heterocycles. The summed E-state index contributed by atoms with van der Waals surface area (Å²) in [6.45, 7) is 4.76. The number of amides is 1. The Balaban J connectivity index is 1.37. The molecule has 6 heteroatoms. The number of carbonyl (C=O) groups excluding carboxylic acids is 1. The lowest BCUT2D eigenvalue weighted by molar-refractivity contribution is 0.0947. The normalized spacial score (nSPS) is 11.1. The van der Waals surface area contributed by atoms with E-state index in [1.807, 2.05) is 43.7 Å². The van der Waals surface area contributed by atoms with Gasteiger partial charge in [0.2, 0.25) is 0 Å². The van der Waals surface area contributed by atoms with E-state index in [1.54, 1.807) is 4.68 Å². The molecule has 0 atom stereocenters. The number of hydrogen-bond donors (Lipinski definition) is 1. The van der Waals surface area contributed by atoms with E-state index in [4.69, 9.17) is 0 Å². The third-order valence-electron chi connectivity index (χ3n) is 5.29.